The third-order valence-corrected chi connectivity index (χ3v) is 4.66. The summed E-state index contributed by atoms with van der Waals surface area (Å²) in [5, 5.41) is 2.85. The van der Waals surface area contributed by atoms with E-state index in [1.165, 1.54) is 0 Å². The fourth-order valence-electron chi connectivity index (χ4n) is 3.10. The molecule has 2 atom stereocenters. The number of nitrogens with two attached hydrogens (primary N) is 1. The Hall–Kier alpha value is -2.66. The maximum Gasteiger partial charge on any atom is 0.249 e. The van der Waals surface area contributed by atoms with Gasteiger partial charge in [-0.1, -0.05) is 48.5 Å². The lowest BCUT2D eigenvalue weighted by molar-refractivity contribution is -0.131. The van der Waals surface area contributed by atoms with Crippen LogP contribution in [0.25, 0.3) is 0 Å². The SMILES string of the molecule is CC(N)(C(=O)NC1CCCN(c2ccccc2)C1=O)c1ccccc1. The van der Waals surface area contributed by atoms with E-state index in [1.54, 1.807) is 11.8 Å². The van der Waals surface area contributed by atoms with Crippen molar-refractivity contribution in [3.8, 4) is 0 Å². The molecule has 0 aromatic heterocycles. The van der Waals surface area contributed by atoms with E-state index in [-0.39, 0.29) is 11.8 Å². The summed E-state index contributed by atoms with van der Waals surface area (Å²) < 4.78 is 0. The van der Waals surface area contributed by atoms with Gasteiger partial charge in [-0.25, -0.2) is 0 Å². The molecule has 2 aromatic carbocycles. The van der Waals surface area contributed by atoms with Crippen molar-refractivity contribution >= 4 is 17.5 Å². The van der Waals surface area contributed by atoms with E-state index in [2.05, 4.69) is 5.32 Å². The third kappa shape index (κ3) is 3.56. The van der Waals surface area contributed by atoms with Crippen molar-refractivity contribution < 1.29 is 9.59 Å². The van der Waals surface area contributed by atoms with Gasteiger partial charge in [0.05, 0.1) is 0 Å². The Morgan fingerprint density at radius 3 is 2.36 bits per heavy atom. The van der Waals surface area contributed by atoms with Crippen LogP contribution in [0.4, 0.5) is 5.69 Å². The van der Waals surface area contributed by atoms with Gasteiger partial charge in [-0.2, -0.15) is 0 Å². The molecule has 1 heterocycles. The first kappa shape index (κ1) is 17.2. The van der Waals surface area contributed by atoms with Gasteiger partial charge in [0.25, 0.3) is 0 Å². The minimum Gasteiger partial charge on any atom is -0.342 e. The Balaban J connectivity index is 1.74. The number of anilines is 1. The van der Waals surface area contributed by atoms with Crippen molar-refractivity contribution in [1.29, 1.82) is 0 Å². The fraction of sp³-hybridized carbons (Fsp3) is 0.300. The molecule has 3 rings (SSSR count). The van der Waals surface area contributed by atoms with Crippen molar-refractivity contribution in [2.75, 3.05) is 11.4 Å². The zero-order valence-corrected chi connectivity index (χ0v) is 14.3. The predicted octanol–water partition coefficient (Wildman–Crippen LogP) is 2.17. The zero-order valence-electron chi connectivity index (χ0n) is 14.3. The summed E-state index contributed by atoms with van der Waals surface area (Å²) in [6.07, 6.45) is 1.46. The van der Waals surface area contributed by atoms with Crippen LogP contribution in [-0.4, -0.2) is 24.4 Å². The first-order valence-electron chi connectivity index (χ1n) is 8.52. The van der Waals surface area contributed by atoms with E-state index in [9.17, 15) is 9.59 Å². The molecule has 25 heavy (non-hydrogen) atoms. The second kappa shape index (κ2) is 7.07. The molecule has 0 spiro atoms. The second-order valence-electron chi connectivity index (χ2n) is 6.56. The van der Waals surface area contributed by atoms with E-state index in [0.29, 0.717) is 13.0 Å². The lowest BCUT2D eigenvalue weighted by atomic mass is 9.91. The van der Waals surface area contributed by atoms with Crippen LogP contribution >= 0.6 is 0 Å². The summed E-state index contributed by atoms with van der Waals surface area (Å²) in [6, 6.07) is 18.2. The van der Waals surface area contributed by atoms with E-state index >= 15 is 0 Å². The molecular formula is C20H23N3O2. The first-order chi connectivity index (χ1) is 12.0. The molecule has 5 heteroatoms. The number of hydrogen-bond acceptors (Lipinski definition) is 3. The second-order valence-corrected chi connectivity index (χ2v) is 6.56. The molecule has 1 saturated heterocycles. The molecule has 1 aliphatic heterocycles. The number of benzene rings is 2. The standard InChI is InChI=1S/C20H23N3O2/c1-20(21,15-9-4-2-5-10-15)19(25)22-17-13-8-14-23(18(17)24)16-11-6-3-7-12-16/h2-7,9-12,17H,8,13-14,21H2,1H3,(H,22,25). The average Bonchev–Trinajstić information content (AvgIpc) is 2.65. The van der Waals surface area contributed by atoms with Crippen LogP contribution in [0.5, 0.6) is 0 Å². The van der Waals surface area contributed by atoms with Crippen molar-refractivity contribution in [3.63, 3.8) is 0 Å². The van der Waals surface area contributed by atoms with E-state index in [4.69, 9.17) is 5.73 Å². The van der Waals surface area contributed by atoms with E-state index in [0.717, 1.165) is 17.7 Å². The van der Waals surface area contributed by atoms with E-state index in [1.807, 2.05) is 60.7 Å². The minimum absolute atomic E-state index is 0.0883. The smallest absolute Gasteiger partial charge is 0.249 e. The normalized spacial score (nSPS) is 20.0. The lowest BCUT2D eigenvalue weighted by Crippen LogP contribution is -2.58. The number of hydrogen-bond donors (Lipinski definition) is 2. The van der Waals surface area contributed by atoms with Gasteiger partial charge in [-0.3, -0.25) is 9.59 Å². The summed E-state index contributed by atoms with van der Waals surface area (Å²) in [5.41, 5.74) is 6.64. The van der Waals surface area contributed by atoms with Crippen LogP contribution in [0.15, 0.2) is 60.7 Å². The zero-order chi connectivity index (χ0) is 17.9. The Morgan fingerprint density at radius 1 is 1.12 bits per heavy atom. The maximum absolute atomic E-state index is 12.8. The monoisotopic (exact) mass is 337 g/mol. The molecule has 0 saturated carbocycles. The highest BCUT2D eigenvalue weighted by molar-refractivity contribution is 6.01. The highest BCUT2D eigenvalue weighted by atomic mass is 16.2. The molecule has 0 radical (unpaired) electrons. The van der Waals surface area contributed by atoms with E-state index < -0.39 is 11.6 Å². The molecule has 3 N–H and O–H groups in total. The number of carbonyl (C=O) groups is 2. The summed E-state index contributed by atoms with van der Waals surface area (Å²) in [5.74, 6) is -0.429. The van der Waals surface area contributed by atoms with Crippen LogP contribution in [0.3, 0.4) is 0 Å². The Morgan fingerprint density at radius 2 is 1.72 bits per heavy atom. The molecule has 2 aromatic rings. The highest BCUT2D eigenvalue weighted by Gasteiger charge is 2.36. The molecule has 2 unspecified atom stereocenters. The van der Waals surface area contributed by atoms with Crippen LogP contribution < -0.4 is 16.0 Å². The molecule has 5 nitrogen and oxygen atoms in total. The Labute approximate surface area is 147 Å². The number of para-hydroxylation sites is 1. The van der Waals surface area contributed by atoms with Gasteiger partial charge in [0.2, 0.25) is 11.8 Å². The van der Waals surface area contributed by atoms with Gasteiger partial charge in [0.15, 0.2) is 0 Å². The summed E-state index contributed by atoms with van der Waals surface area (Å²) >= 11 is 0. The van der Waals surface area contributed by atoms with Crippen LogP contribution in [-0.2, 0) is 15.1 Å². The molecule has 1 aliphatic rings. The van der Waals surface area contributed by atoms with Gasteiger partial charge >= 0.3 is 0 Å². The number of nitrogens with one attached hydrogen (secondary N) is 1. The van der Waals surface area contributed by atoms with Crippen molar-refractivity contribution in [1.82, 2.24) is 5.32 Å². The van der Waals surface area contributed by atoms with Crippen molar-refractivity contribution in [2.45, 2.75) is 31.3 Å². The largest absolute Gasteiger partial charge is 0.342 e. The van der Waals surface area contributed by atoms with Gasteiger partial charge in [0.1, 0.15) is 11.6 Å². The number of amides is 2. The highest BCUT2D eigenvalue weighted by Crippen LogP contribution is 2.22. The molecule has 0 bridgehead atoms. The maximum atomic E-state index is 12.8. The minimum atomic E-state index is -1.18. The Bertz CT molecular complexity index is 744. The lowest BCUT2D eigenvalue weighted by Gasteiger charge is -2.34. The molecule has 0 aliphatic carbocycles. The topological polar surface area (TPSA) is 75.4 Å². The van der Waals surface area contributed by atoms with Crippen LogP contribution in [0.1, 0.15) is 25.3 Å². The molecule has 1 fully saturated rings. The third-order valence-electron chi connectivity index (χ3n) is 4.66. The molecule has 130 valence electrons. The summed E-state index contributed by atoms with van der Waals surface area (Å²) in [7, 11) is 0. The number of nitrogens with zero attached hydrogens (tertiary/aromatic N) is 1. The van der Waals surface area contributed by atoms with Crippen LogP contribution in [0, 0.1) is 0 Å². The molecule has 2 amide bonds. The van der Waals surface area contributed by atoms with Crippen molar-refractivity contribution in [3.05, 3.63) is 66.2 Å². The quantitative estimate of drug-likeness (QED) is 0.898. The number of piperidine rings is 1. The van der Waals surface area contributed by atoms with Gasteiger partial charge in [-0.15, -0.1) is 0 Å². The average molecular weight is 337 g/mol. The number of rotatable bonds is 4. The first-order valence-corrected chi connectivity index (χ1v) is 8.52. The van der Waals surface area contributed by atoms with Gasteiger partial charge in [-0.05, 0) is 37.5 Å². The van der Waals surface area contributed by atoms with Gasteiger partial charge < -0.3 is 16.0 Å². The molecular weight excluding hydrogens is 314 g/mol. The fourth-order valence-corrected chi connectivity index (χ4v) is 3.10. The summed E-state index contributed by atoms with van der Waals surface area (Å²) in [4.78, 5) is 27.2. The Kier molecular flexibility index (Phi) is 4.86. The predicted molar refractivity (Wildman–Crippen MR) is 97.9 cm³/mol. The van der Waals surface area contributed by atoms with Gasteiger partial charge in [0, 0.05) is 12.2 Å². The van der Waals surface area contributed by atoms with Crippen molar-refractivity contribution in [2.24, 2.45) is 5.73 Å². The summed E-state index contributed by atoms with van der Waals surface area (Å²) in [6.45, 7) is 2.33. The number of carbonyl (C=O) groups excluding carboxylic acids is 2. The van der Waals surface area contributed by atoms with Crippen LogP contribution in [0.2, 0.25) is 0 Å².